The summed E-state index contributed by atoms with van der Waals surface area (Å²) in [4.78, 5) is 25.1. The van der Waals surface area contributed by atoms with Crippen LogP contribution in [0.5, 0.6) is 23.0 Å². The van der Waals surface area contributed by atoms with E-state index in [4.69, 9.17) is 42.1 Å². The van der Waals surface area contributed by atoms with E-state index < -0.39 is 17.7 Å². The van der Waals surface area contributed by atoms with Gasteiger partial charge in [-0.3, -0.25) is 9.59 Å². The molecule has 1 amide bonds. The van der Waals surface area contributed by atoms with Crippen LogP contribution in [0.15, 0.2) is 34.5 Å². The number of carbonyl (C=O) groups excluding carboxylic acids is 2. The van der Waals surface area contributed by atoms with E-state index in [0.717, 1.165) is 0 Å². The van der Waals surface area contributed by atoms with Crippen molar-refractivity contribution in [3.63, 3.8) is 0 Å². The second-order valence-corrected chi connectivity index (χ2v) is 7.40. The van der Waals surface area contributed by atoms with Crippen LogP contribution in [0.4, 0.5) is 11.4 Å². The highest BCUT2D eigenvalue weighted by atomic mass is 35.5. The van der Waals surface area contributed by atoms with Gasteiger partial charge in [-0.25, -0.2) is 0 Å². The number of anilines is 1. The van der Waals surface area contributed by atoms with Crippen LogP contribution >= 0.6 is 23.2 Å². The van der Waals surface area contributed by atoms with Gasteiger partial charge in [-0.15, -0.1) is 0 Å². The molecule has 0 radical (unpaired) electrons. The van der Waals surface area contributed by atoms with Crippen LogP contribution in [0.25, 0.3) is 0 Å². The molecule has 2 aromatic rings. The van der Waals surface area contributed by atoms with Crippen LogP contribution in [0.1, 0.15) is 20.8 Å². The Balaban J connectivity index is 2.40. The summed E-state index contributed by atoms with van der Waals surface area (Å²) in [6.45, 7) is 5.54. The van der Waals surface area contributed by atoms with Gasteiger partial charge in [0.2, 0.25) is 6.04 Å². The zero-order chi connectivity index (χ0) is 24.5. The summed E-state index contributed by atoms with van der Waals surface area (Å²) in [7, 11) is 2.85. The van der Waals surface area contributed by atoms with E-state index in [1.807, 2.05) is 6.92 Å². The molecule has 0 aliphatic rings. The number of ether oxygens (including phenoxy) is 4. The number of carbonyl (C=O) groups is 2. The van der Waals surface area contributed by atoms with Crippen LogP contribution in [-0.2, 0) is 9.59 Å². The van der Waals surface area contributed by atoms with Gasteiger partial charge in [-0.2, -0.15) is 10.2 Å². The van der Waals surface area contributed by atoms with E-state index in [2.05, 4.69) is 15.5 Å². The molecule has 9 nitrogen and oxygen atoms in total. The summed E-state index contributed by atoms with van der Waals surface area (Å²) in [5, 5.41) is 11.3. The lowest BCUT2D eigenvalue weighted by Gasteiger charge is -2.16. The minimum absolute atomic E-state index is 0.213. The lowest BCUT2D eigenvalue weighted by molar-refractivity contribution is -0.126. The molecule has 0 aromatic heterocycles. The van der Waals surface area contributed by atoms with Crippen LogP contribution in [0, 0.1) is 0 Å². The Hall–Kier alpha value is -3.04. The molecule has 0 bridgehead atoms. The number of amides is 1. The van der Waals surface area contributed by atoms with Crippen molar-refractivity contribution in [3.8, 4) is 23.0 Å². The molecule has 178 valence electrons. The van der Waals surface area contributed by atoms with Gasteiger partial charge in [0.15, 0.2) is 28.8 Å². The monoisotopic (exact) mass is 497 g/mol. The molecule has 0 fully saturated rings. The molecule has 0 saturated heterocycles. The predicted octanol–water partition coefficient (Wildman–Crippen LogP) is 5.49. The van der Waals surface area contributed by atoms with Crippen LogP contribution in [0.3, 0.4) is 0 Å². The fraction of sp³-hybridized carbons (Fsp3) is 0.364. The van der Waals surface area contributed by atoms with Gasteiger partial charge in [0.1, 0.15) is 5.69 Å². The first-order chi connectivity index (χ1) is 15.7. The molecule has 0 heterocycles. The largest absolute Gasteiger partial charge is 0.493 e. The molecule has 1 N–H and O–H groups in total. The Labute approximate surface area is 202 Å². The van der Waals surface area contributed by atoms with E-state index in [1.165, 1.54) is 39.3 Å². The Bertz CT molecular complexity index is 1050. The minimum atomic E-state index is -1.45. The van der Waals surface area contributed by atoms with Gasteiger partial charge in [0.05, 0.1) is 33.1 Å². The maximum Gasteiger partial charge on any atom is 0.258 e. The highest BCUT2D eigenvalue weighted by Gasteiger charge is 2.26. The van der Waals surface area contributed by atoms with Crippen molar-refractivity contribution in [1.29, 1.82) is 0 Å². The fourth-order valence-electron chi connectivity index (χ4n) is 2.84. The fourth-order valence-corrected chi connectivity index (χ4v) is 3.25. The lowest BCUT2D eigenvalue weighted by atomic mass is 10.2. The number of hydrogen-bond donors (Lipinski definition) is 1. The smallest absolute Gasteiger partial charge is 0.258 e. The third kappa shape index (κ3) is 6.72. The topological polar surface area (TPSA) is 108 Å². The number of nitrogens with zero attached hydrogens (tertiary/aromatic N) is 2. The highest BCUT2D eigenvalue weighted by molar-refractivity contribution is 6.31. The summed E-state index contributed by atoms with van der Waals surface area (Å²) >= 11 is 12.3. The van der Waals surface area contributed by atoms with Crippen molar-refractivity contribution in [1.82, 2.24) is 0 Å². The number of hydrogen-bond acceptors (Lipinski definition) is 8. The molecule has 33 heavy (non-hydrogen) atoms. The Kier molecular flexibility index (Phi) is 9.74. The first kappa shape index (κ1) is 26.2. The Morgan fingerprint density at radius 2 is 1.58 bits per heavy atom. The van der Waals surface area contributed by atoms with Gasteiger partial charge >= 0.3 is 0 Å². The molecular weight excluding hydrogens is 473 g/mol. The number of methoxy groups -OCH3 is 2. The summed E-state index contributed by atoms with van der Waals surface area (Å²) in [5.74, 6) is -0.0423. The van der Waals surface area contributed by atoms with Crippen molar-refractivity contribution < 1.29 is 28.5 Å². The lowest BCUT2D eigenvalue weighted by Crippen LogP contribution is -2.32. The summed E-state index contributed by atoms with van der Waals surface area (Å²) in [5.41, 5.74) is 0.429. The zero-order valence-corrected chi connectivity index (χ0v) is 20.4. The molecular formula is C22H25Cl2N3O6. The molecule has 0 aliphatic heterocycles. The van der Waals surface area contributed by atoms with Crippen LogP contribution in [0.2, 0.25) is 10.0 Å². The quantitative estimate of drug-likeness (QED) is 0.324. The molecule has 0 saturated carbocycles. The number of Topliss-reactive ketones (excluding diaryl/α,β-unsaturated/α-hetero) is 1. The number of azo groups is 1. The SMILES string of the molecule is CCOc1cc(Cl)cc(N=NC(C(C)=O)C(=O)Nc2cc(Cl)cc(OC)c2OC)c1OCC. The van der Waals surface area contributed by atoms with Crippen molar-refractivity contribution in [3.05, 3.63) is 34.3 Å². The summed E-state index contributed by atoms with van der Waals surface area (Å²) < 4.78 is 21.7. The van der Waals surface area contributed by atoms with Gasteiger partial charge in [-0.05, 0) is 32.9 Å². The third-order valence-corrected chi connectivity index (χ3v) is 4.64. The van der Waals surface area contributed by atoms with Gasteiger partial charge in [-0.1, -0.05) is 23.2 Å². The number of rotatable bonds is 11. The van der Waals surface area contributed by atoms with E-state index in [1.54, 1.807) is 13.0 Å². The second kappa shape index (κ2) is 12.3. The first-order valence-electron chi connectivity index (χ1n) is 9.98. The van der Waals surface area contributed by atoms with Crippen molar-refractivity contribution >= 4 is 46.3 Å². The van der Waals surface area contributed by atoms with Crippen LogP contribution in [-0.4, -0.2) is 45.2 Å². The van der Waals surface area contributed by atoms with Crippen molar-refractivity contribution in [2.24, 2.45) is 10.2 Å². The molecule has 0 aliphatic carbocycles. The number of benzene rings is 2. The standard InChI is InChI=1S/C22H25Cl2N3O6/c1-6-32-18-11-14(24)9-16(21(18)33-7-2)26-27-19(12(3)28)22(29)25-15-8-13(23)10-17(30-4)20(15)31-5/h8-11,19H,6-7H2,1-5H3,(H,25,29). The van der Waals surface area contributed by atoms with E-state index >= 15 is 0 Å². The maximum absolute atomic E-state index is 12.9. The zero-order valence-electron chi connectivity index (χ0n) is 18.9. The van der Waals surface area contributed by atoms with E-state index in [0.29, 0.717) is 40.5 Å². The number of halogens is 2. The summed E-state index contributed by atoms with van der Waals surface area (Å²) in [6.07, 6.45) is 0. The third-order valence-electron chi connectivity index (χ3n) is 4.20. The molecule has 1 unspecified atom stereocenters. The summed E-state index contributed by atoms with van der Waals surface area (Å²) in [6, 6.07) is 4.63. The molecule has 0 spiro atoms. The Morgan fingerprint density at radius 1 is 0.939 bits per heavy atom. The molecule has 11 heteroatoms. The molecule has 2 aromatic carbocycles. The second-order valence-electron chi connectivity index (χ2n) is 6.52. The van der Waals surface area contributed by atoms with Gasteiger partial charge in [0, 0.05) is 22.2 Å². The average Bonchev–Trinajstić information content (AvgIpc) is 2.75. The van der Waals surface area contributed by atoms with Gasteiger partial charge < -0.3 is 24.3 Å². The van der Waals surface area contributed by atoms with E-state index in [9.17, 15) is 9.59 Å². The van der Waals surface area contributed by atoms with E-state index in [-0.39, 0.29) is 17.1 Å². The first-order valence-corrected chi connectivity index (χ1v) is 10.7. The normalized spacial score (nSPS) is 11.7. The van der Waals surface area contributed by atoms with Crippen molar-refractivity contribution in [2.45, 2.75) is 26.8 Å². The Morgan fingerprint density at radius 3 is 2.15 bits per heavy atom. The molecule has 1 atom stereocenters. The molecule has 2 rings (SSSR count). The van der Waals surface area contributed by atoms with Gasteiger partial charge in [0.25, 0.3) is 5.91 Å². The minimum Gasteiger partial charge on any atom is -0.493 e. The maximum atomic E-state index is 12.9. The number of ketones is 1. The number of nitrogens with one attached hydrogen (secondary N) is 1. The van der Waals surface area contributed by atoms with Crippen molar-refractivity contribution in [2.75, 3.05) is 32.8 Å². The highest BCUT2D eigenvalue weighted by Crippen LogP contribution is 2.41. The predicted molar refractivity (Wildman–Crippen MR) is 126 cm³/mol. The van der Waals surface area contributed by atoms with Crippen LogP contribution < -0.4 is 24.3 Å². The average molecular weight is 498 g/mol.